The molecule has 1 rings (SSSR count). The SMILES string of the molecule is CCNC(=NCCNC(=O)C(C)(C)C)NC1CCC(SC)C1. The monoisotopic (exact) mass is 328 g/mol. The van der Waals surface area contributed by atoms with Crippen molar-refractivity contribution >= 4 is 23.6 Å². The summed E-state index contributed by atoms with van der Waals surface area (Å²) >= 11 is 1.96. The van der Waals surface area contributed by atoms with Gasteiger partial charge in [0.2, 0.25) is 5.91 Å². The van der Waals surface area contributed by atoms with Crippen LogP contribution in [0, 0.1) is 5.41 Å². The topological polar surface area (TPSA) is 65.5 Å². The van der Waals surface area contributed by atoms with Crippen molar-refractivity contribution in [2.45, 2.75) is 58.2 Å². The number of hydrogen-bond donors (Lipinski definition) is 3. The van der Waals surface area contributed by atoms with Gasteiger partial charge in [0.15, 0.2) is 5.96 Å². The molecule has 22 heavy (non-hydrogen) atoms. The minimum absolute atomic E-state index is 0.0688. The van der Waals surface area contributed by atoms with Gasteiger partial charge in [-0.1, -0.05) is 20.8 Å². The lowest BCUT2D eigenvalue weighted by molar-refractivity contribution is -0.128. The number of thioether (sulfide) groups is 1. The second-order valence-corrected chi connectivity index (χ2v) is 7.92. The van der Waals surface area contributed by atoms with Crippen molar-refractivity contribution in [1.29, 1.82) is 0 Å². The lowest BCUT2D eigenvalue weighted by Crippen LogP contribution is -2.43. The molecule has 3 N–H and O–H groups in total. The first-order valence-electron chi connectivity index (χ1n) is 8.22. The Morgan fingerprint density at radius 2 is 2.00 bits per heavy atom. The van der Waals surface area contributed by atoms with Crippen molar-refractivity contribution in [3.8, 4) is 0 Å². The van der Waals surface area contributed by atoms with Crippen LogP contribution in [0.2, 0.25) is 0 Å². The normalized spacial score (nSPS) is 22.5. The molecule has 1 fully saturated rings. The Bertz CT molecular complexity index is 379. The predicted molar refractivity (Wildman–Crippen MR) is 96.5 cm³/mol. The second-order valence-electron chi connectivity index (χ2n) is 6.78. The van der Waals surface area contributed by atoms with Gasteiger partial charge in [-0.05, 0) is 32.4 Å². The molecule has 1 aliphatic rings. The molecule has 2 unspecified atom stereocenters. The molecule has 0 aliphatic heterocycles. The number of nitrogens with one attached hydrogen (secondary N) is 3. The Hall–Kier alpha value is -0.910. The van der Waals surface area contributed by atoms with E-state index in [1.54, 1.807) is 0 Å². The molecule has 0 radical (unpaired) electrons. The average molecular weight is 329 g/mol. The molecule has 6 heteroatoms. The van der Waals surface area contributed by atoms with Gasteiger partial charge in [0.25, 0.3) is 0 Å². The van der Waals surface area contributed by atoms with Gasteiger partial charge in [0.1, 0.15) is 0 Å². The molecule has 5 nitrogen and oxygen atoms in total. The third-order valence-corrected chi connectivity index (χ3v) is 4.85. The smallest absolute Gasteiger partial charge is 0.225 e. The van der Waals surface area contributed by atoms with Crippen LogP contribution in [-0.4, -0.2) is 49.0 Å². The van der Waals surface area contributed by atoms with E-state index in [1.165, 1.54) is 19.3 Å². The van der Waals surface area contributed by atoms with Gasteiger partial charge < -0.3 is 16.0 Å². The number of guanidine groups is 1. The molecule has 1 aliphatic carbocycles. The zero-order chi connectivity index (χ0) is 16.6. The highest BCUT2D eigenvalue weighted by molar-refractivity contribution is 7.99. The summed E-state index contributed by atoms with van der Waals surface area (Å²) in [7, 11) is 0. The number of aliphatic imine (C=N–C) groups is 1. The first-order valence-corrected chi connectivity index (χ1v) is 9.51. The third-order valence-electron chi connectivity index (χ3n) is 3.75. The van der Waals surface area contributed by atoms with E-state index in [0.29, 0.717) is 19.1 Å². The van der Waals surface area contributed by atoms with Crippen LogP contribution in [0.15, 0.2) is 4.99 Å². The molecule has 1 saturated carbocycles. The Morgan fingerprint density at radius 1 is 1.27 bits per heavy atom. The molecule has 2 atom stereocenters. The summed E-state index contributed by atoms with van der Waals surface area (Å²) in [5.74, 6) is 0.929. The molecule has 0 bridgehead atoms. The number of carbonyl (C=O) groups is 1. The summed E-state index contributed by atoms with van der Waals surface area (Å²) in [6.07, 6.45) is 5.87. The Labute approximate surface area is 139 Å². The van der Waals surface area contributed by atoms with E-state index in [1.807, 2.05) is 32.5 Å². The zero-order valence-corrected chi connectivity index (χ0v) is 15.5. The predicted octanol–water partition coefficient (Wildman–Crippen LogP) is 1.99. The van der Waals surface area contributed by atoms with Crippen LogP contribution in [0.5, 0.6) is 0 Å². The first-order chi connectivity index (χ1) is 10.4. The van der Waals surface area contributed by atoms with Crippen molar-refractivity contribution in [3.63, 3.8) is 0 Å². The van der Waals surface area contributed by atoms with Gasteiger partial charge in [-0.15, -0.1) is 0 Å². The largest absolute Gasteiger partial charge is 0.357 e. The van der Waals surface area contributed by atoms with Crippen molar-refractivity contribution in [1.82, 2.24) is 16.0 Å². The maximum absolute atomic E-state index is 11.8. The van der Waals surface area contributed by atoms with E-state index in [0.717, 1.165) is 17.8 Å². The highest BCUT2D eigenvalue weighted by atomic mass is 32.2. The van der Waals surface area contributed by atoms with Gasteiger partial charge in [-0.25, -0.2) is 0 Å². The first kappa shape index (κ1) is 19.1. The molecule has 0 heterocycles. The number of nitrogens with zero attached hydrogens (tertiary/aromatic N) is 1. The fourth-order valence-corrected chi connectivity index (χ4v) is 3.20. The van der Waals surface area contributed by atoms with Crippen LogP contribution in [0.4, 0.5) is 0 Å². The van der Waals surface area contributed by atoms with Crippen LogP contribution in [-0.2, 0) is 4.79 Å². The summed E-state index contributed by atoms with van der Waals surface area (Å²) in [4.78, 5) is 16.3. The molecule has 0 saturated heterocycles. The van der Waals surface area contributed by atoms with E-state index in [-0.39, 0.29) is 11.3 Å². The number of amides is 1. The highest BCUT2D eigenvalue weighted by Crippen LogP contribution is 2.27. The van der Waals surface area contributed by atoms with Crippen molar-refractivity contribution in [2.24, 2.45) is 10.4 Å². The second kappa shape index (κ2) is 9.28. The maximum atomic E-state index is 11.8. The van der Waals surface area contributed by atoms with E-state index in [4.69, 9.17) is 0 Å². The van der Waals surface area contributed by atoms with Crippen molar-refractivity contribution < 1.29 is 4.79 Å². The van der Waals surface area contributed by atoms with Crippen molar-refractivity contribution in [3.05, 3.63) is 0 Å². The van der Waals surface area contributed by atoms with Gasteiger partial charge in [0.05, 0.1) is 6.54 Å². The molecule has 0 spiro atoms. The molecular formula is C16H32N4OS. The molecular weight excluding hydrogens is 296 g/mol. The zero-order valence-electron chi connectivity index (χ0n) is 14.7. The molecule has 128 valence electrons. The van der Waals surface area contributed by atoms with Crippen molar-refractivity contribution in [2.75, 3.05) is 25.9 Å². The van der Waals surface area contributed by atoms with Crippen LogP contribution >= 0.6 is 11.8 Å². The molecule has 0 aromatic heterocycles. The highest BCUT2D eigenvalue weighted by Gasteiger charge is 2.24. The van der Waals surface area contributed by atoms with E-state index >= 15 is 0 Å². The average Bonchev–Trinajstić information content (AvgIpc) is 2.90. The maximum Gasteiger partial charge on any atom is 0.225 e. The summed E-state index contributed by atoms with van der Waals surface area (Å²) in [6.45, 7) is 9.83. The van der Waals surface area contributed by atoms with Crippen LogP contribution in [0.25, 0.3) is 0 Å². The minimum atomic E-state index is -0.344. The quantitative estimate of drug-likeness (QED) is 0.396. The van der Waals surface area contributed by atoms with Crippen LogP contribution < -0.4 is 16.0 Å². The van der Waals surface area contributed by atoms with Crippen LogP contribution in [0.3, 0.4) is 0 Å². The summed E-state index contributed by atoms with van der Waals surface area (Å²) < 4.78 is 0. The van der Waals surface area contributed by atoms with Gasteiger partial charge in [0, 0.05) is 29.8 Å². The Kier molecular flexibility index (Phi) is 8.07. The molecule has 0 aromatic rings. The van der Waals surface area contributed by atoms with E-state index in [2.05, 4.69) is 34.1 Å². The summed E-state index contributed by atoms with van der Waals surface area (Å²) in [6, 6.07) is 0.513. The molecule has 0 aromatic carbocycles. The minimum Gasteiger partial charge on any atom is -0.357 e. The Morgan fingerprint density at radius 3 is 2.55 bits per heavy atom. The van der Waals surface area contributed by atoms with E-state index < -0.39 is 0 Å². The number of hydrogen-bond acceptors (Lipinski definition) is 3. The summed E-state index contributed by atoms with van der Waals surface area (Å²) in [5.41, 5.74) is -0.344. The summed E-state index contributed by atoms with van der Waals surface area (Å²) in [5, 5.41) is 10.5. The van der Waals surface area contributed by atoms with E-state index in [9.17, 15) is 4.79 Å². The van der Waals surface area contributed by atoms with Crippen LogP contribution in [0.1, 0.15) is 47.0 Å². The lowest BCUT2D eigenvalue weighted by atomic mass is 9.96. The third kappa shape index (κ3) is 6.90. The number of carbonyl (C=O) groups excluding carboxylic acids is 1. The standard InChI is InChI=1S/C16H32N4OS/c1-6-17-15(20-12-7-8-13(11-12)22-5)19-10-9-18-14(21)16(2,3)4/h12-13H,6-11H2,1-5H3,(H,18,21)(H2,17,19,20). The Balaban J connectivity index is 2.37. The van der Waals surface area contributed by atoms with Gasteiger partial charge in [-0.3, -0.25) is 9.79 Å². The fraction of sp³-hybridized carbons (Fsp3) is 0.875. The van der Waals surface area contributed by atoms with Gasteiger partial charge in [-0.2, -0.15) is 11.8 Å². The lowest BCUT2D eigenvalue weighted by Gasteiger charge is -2.18. The number of rotatable bonds is 6. The van der Waals surface area contributed by atoms with Gasteiger partial charge >= 0.3 is 0 Å². The molecule has 1 amide bonds. The fourth-order valence-electron chi connectivity index (χ4n) is 2.40.